The van der Waals surface area contributed by atoms with Crippen molar-refractivity contribution >= 4 is 16.5 Å². The Hall–Kier alpha value is -0.650. The van der Waals surface area contributed by atoms with Crippen LogP contribution in [0.25, 0.3) is 0 Å². The van der Waals surface area contributed by atoms with Crippen molar-refractivity contribution in [3.63, 3.8) is 0 Å². The zero-order chi connectivity index (χ0) is 13.0. The fourth-order valence-electron chi connectivity index (χ4n) is 2.33. The predicted molar refractivity (Wildman–Crippen MR) is 78.4 cm³/mol. The van der Waals surface area contributed by atoms with Gasteiger partial charge in [0.25, 0.3) is 0 Å². The maximum atomic E-state index is 4.74. The van der Waals surface area contributed by atoms with Crippen molar-refractivity contribution < 1.29 is 0 Å². The summed E-state index contributed by atoms with van der Waals surface area (Å²) in [7, 11) is 2.19. The van der Waals surface area contributed by atoms with Gasteiger partial charge in [0, 0.05) is 37.6 Å². The molecule has 0 aliphatic carbocycles. The zero-order valence-corrected chi connectivity index (χ0v) is 12.5. The van der Waals surface area contributed by atoms with Gasteiger partial charge in [-0.3, -0.25) is 0 Å². The maximum Gasteiger partial charge on any atom is 0.185 e. The number of aromatic nitrogens is 1. The first-order valence-electron chi connectivity index (χ1n) is 6.81. The SMILES string of the molecule is CCCNCc1csc(N2CCN(C)CC2C)n1. The molecule has 2 heterocycles. The van der Waals surface area contributed by atoms with Crippen molar-refractivity contribution in [1.82, 2.24) is 15.2 Å². The zero-order valence-electron chi connectivity index (χ0n) is 11.6. The fraction of sp³-hybridized carbons (Fsp3) is 0.769. The molecular formula is C13H24N4S. The molecule has 1 fully saturated rings. The first-order valence-corrected chi connectivity index (χ1v) is 7.69. The van der Waals surface area contributed by atoms with E-state index in [1.165, 1.54) is 17.2 Å². The molecule has 1 aromatic heterocycles. The highest BCUT2D eigenvalue weighted by Crippen LogP contribution is 2.24. The molecule has 0 bridgehead atoms. The minimum Gasteiger partial charge on any atom is -0.343 e. The Kier molecular flexibility index (Phi) is 4.97. The van der Waals surface area contributed by atoms with Gasteiger partial charge in [0.1, 0.15) is 0 Å². The highest BCUT2D eigenvalue weighted by molar-refractivity contribution is 7.13. The van der Waals surface area contributed by atoms with Crippen molar-refractivity contribution in [2.75, 3.05) is 38.1 Å². The lowest BCUT2D eigenvalue weighted by Gasteiger charge is -2.38. The van der Waals surface area contributed by atoms with E-state index < -0.39 is 0 Å². The van der Waals surface area contributed by atoms with E-state index in [1.807, 2.05) is 0 Å². The third-order valence-corrected chi connectivity index (χ3v) is 4.28. The number of hydrogen-bond acceptors (Lipinski definition) is 5. The van der Waals surface area contributed by atoms with Crippen LogP contribution in [0.1, 0.15) is 26.0 Å². The fourth-order valence-corrected chi connectivity index (χ4v) is 3.28. The minimum absolute atomic E-state index is 0.561. The summed E-state index contributed by atoms with van der Waals surface area (Å²) in [5, 5.41) is 6.77. The van der Waals surface area contributed by atoms with Gasteiger partial charge < -0.3 is 15.1 Å². The number of anilines is 1. The predicted octanol–water partition coefficient (Wildman–Crippen LogP) is 1.78. The lowest BCUT2D eigenvalue weighted by atomic mass is 10.2. The summed E-state index contributed by atoms with van der Waals surface area (Å²) in [4.78, 5) is 9.57. The summed E-state index contributed by atoms with van der Waals surface area (Å²) in [6, 6.07) is 0.561. The van der Waals surface area contributed by atoms with Crippen molar-refractivity contribution in [2.24, 2.45) is 0 Å². The molecule has 1 aliphatic rings. The third-order valence-electron chi connectivity index (χ3n) is 3.35. The number of hydrogen-bond donors (Lipinski definition) is 1. The van der Waals surface area contributed by atoms with Crippen LogP contribution in [0, 0.1) is 0 Å². The molecule has 1 N–H and O–H groups in total. The number of likely N-dealkylation sites (N-methyl/N-ethyl adjacent to an activating group) is 1. The van der Waals surface area contributed by atoms with Gasteiger partial charge in [-0.2, -0.15) is 0 Å². The first kappa shape index (κ1) is 13.8. The normalized spacial score (nSPS) is 21.5. The molecule has 0 saturated carbocycles. The highest BCUT2D eigenvalue weighted by Gasteiger charge is 2.23. The lowest BCUT2D eigenvalue weighted by Crippen LogP contribution is -2.50. The van der Waals surface area contributed by atoms with Gasteiger partial charge in [0.05, 0.1) is 5.69 Å². The van der Waals surface area contributed by atoms with Crippen molar-refractivity contribution in [3.8, 4) is 0 Å². The van der Waals surface area contributed by atoms with Gasteiger partial charge in [-0.15, -0.1) is 11.3 Å². The molecule has 1 aliphatic heterocycles. The molecule has 0 spiro atoms. The first-order chi connectivity index (χ1) is 8.70. The number of thiazole rings is 1. The molecule has 102 valence electrons. The van der Waals surface area contributed by atoms with Crippen molar-refractivity contribution in [3.05, 3.63) is 11.1 Å². The molecule has 2 rings (SSSR count). The van der Waals surface area contributed by atoms with E-state index in [0.29, 0.717) is 6.04 Å². The van der Waals surface area contributed by atoms with E-state index in [-0.39, 0.29) is 0 Å². The van der Waals surface area contributed by atoms with Crippen LogP contribution in [0.4, 0.5) is 5.13 Å². The average Bonchev–Trinajstić information content (AvgIpc) is 2.78. The molecular weight excluding hydrogens is 244 g/mol. The highest BCUT2D eigenvalue weighted by atomic mass is 32.1. The number of nitrogens with zero attached hydrogens (tertiary/aromatic N) is 3. The molecule has 0 amide bonds. The van der Waals surface area contributed by atoms with Gasteiger partial charge in [-0.25, -0.2) is 4.98 Å². The summed E-state index contributed by atoms with van der Waals surface area (Å²) in [5.74, 6) is 0. The molecule has 5 heteroatoms. The molecule has 1 atom stereocenters. The van der Waals surface area contributed by atoms with Crippen molar-refractivity contribution in [1.29, 1.82) is 0 Å². The standard InChI is InChI=1S/C13H24N4S/c1-4-5-14-8-12-10-18-13(15-12)17-7-6-16(3)9-11(17)2/h10-11,14H,4-9H2,1-3H3. The van der Waals surface area contributed by atoms with E-state index in [2.05, 4.69) is 41.4 Å². The second kappa shape index (κ2) is 6.50. The van der Waals surface area contributed by atoms with Gasteiger partial charge in [0.2, 0.25) is 0 Å². The Morgan fingerprint density at radius 1 is 1.50 bits per heavy atom. The van der Waals surface area contributed by atoms with Crippen LogP contribution in [0.15, 0.2) is 5.38 Å². The Labute approximate surface area is 114 Å². The van der Waals surface area contributed by atoms with Crippen LogP contribution in [0.2, 0.25) is 0 Å². The van der Waals surface area contributed by atoms with Crippen LogP contribution in [0.3, 0.4) is 0 Å². The van der Waals surface area contributed by atoms with Crippen LogP contribution in [0.5, 0.6) is 0 Å². The molecule has 18 heavy (non-hydrogen) atoms. The average molecular weight is 268 g/mol. The number of piperazine rings is 1. The van der Waals surface area contributed by atoms with Crippen molar-refractivity contribution in [2.45, 2.75) is 32.9 Å². The Bertz CT molecular complexity index is 366. The monoisotopic (exact) mass is 268 g/mol. The largest absolute Gasteiger partial charge is 0.343 e. The van der Waals surface area contributed by atoms with E-state index in [1.54, 1.807) is 11.3 Å². The quantitative estimate of drug-likeness (QED) is 0.825. The molecule has 4 nitrogen and oxygen atoms in total. The Morgan fingerprint density at radius 3 is 3.06 bits per heavy atom. The van der Waals surface area contributed by atoms with Gasteiger partial charge in [-0.1, -0.05) is 6.92 Å². The Morgan fingerprint density at radius 2 is 2.33 bits per heavy atom. The molecule has 1 aromatic rings. The Balaban J connectivity index is 1.92. The minimum atomic E-state index is 0.561. The maximum absolute atomic E-state index is 4.74. The van der Waals surface area contributed by atoms with Crippen LogP contribution >= 0.6 is 11.3 Å². The summed E-state index contributed by atoms with van der Waals surface area (Å²) in [5.41, 5.74) is 1.18. The van der Waals surface area contributed by atoms with Gasteiger partial charge >= 0.3 is 0 Å². The summed E-state index contributed by atoms with van der Waals surface area (Å²) in [6.45, 7) is 9.78. The van der Waals surface area contributed by atoms with E-state index >= 15 is 0 Å². The molecule has 0 radical (unpaired) electrons. The number of nitrogens with one attached hydrogen (secondary N) is 1. The smallest absolute Gasteiger partial charge is 0.185 e. The third kappa shape index (κ3) is 3.43. The summed E-state index contributed by atoms with van der Waals surface area (Å²) >= 11 is 1.78. The van der Waals surface area contributed by atoms with E-state index in [0.717, 1.165) is 32.7 Å². The molecule has 1 unspecified atom stereocenters. The second-order valence-electron chi connectivity index (χ2n) is 5.10. The van der Waals surface area contributed by atoms with Crippen LogP contribution < -0.4 is 10.2 Å². The van der Waals surface area contributed by atoms with Gasteiger partial charge in [-0.05, 0) is 26.9 Å². The number of rotatable bonds is 5. The summed E-state index contributed by atoms with van der Waals surface area (Å²) in [6.07, 6.45) is 1.17. The van der Waals surface area contributed by atoms with E-state index in [9.17, 15) is 0 Å². The van der Waals surface area contributed by atoms with Gasteiger partial charge in [0.15, 0.2) is 5.13 Å². The van der Waals surface area contributed by atoms with Crippen LogP contribution in [-0.4, -0.2) is 49.2 Å². The topological polar surface area (TPSA) is 31.4 Å². The second-order valence-corrected chi connectivity index (χ2v) is 5.94. The summed E-state index contributed by atoms with van der Waals surface area (Å²) < 4.78 is 0. The lowest BCUT2D eigenvalue weighted by molar-refractivity contribution is 0.275. The van der Waals surface area contributed by atoms with E-state index in [4.69, 9.17) is 4.98 Å². The molecule has 1 saturated heterocycles. The molecule has 0 aromatic carbocycles. The van der Waals surface area contributed by atoms with Crippen LogP contribution in [-0.2, 0) is 6.54 Å².